The maximum absolute atomic E-state index is 11.5. The Hall–Kier alpha value is -1.50. The molecule has 23 heavy (non-hydrogen) atoms. The number of carbonyl (C=O) groups is 1. The van der Waals surface area contributed by atoms with Crippen molar-refractivity contribution in [3.8, 4) is 0 Å². The lowest BCUT2D eigenvalue weighted by molar-refractivity contribution is 0.0527. The van der Waals surface area contributed by atoms with Crippen molar-refractivity contribution in [1.29, 1.82) is 0 Å². The van der Waals surface area contributed by atoms with Crippen LogP contribution in [0.25, 0.3) is 0 Å². The maximum atomic E-state index is 11.5. The average Bonchev–Trinajstić information content (AvgIpc) is 2.44. The number of hydrogen-bond donors (Lipinski definition) is 3. The normalized spacial score (nSPS) is 12.0. The number of aliphatic imine (C=N–C) groups is 1. The Kier molecular flexibility index (Phi) is 12.1. The van der Waals surface area contributed by atoms with Crippen molar-refractivity contribution >= 4 is 12.1 Å². The zero-order valence-electron chi connectivity index (χ0n) is 15.3. The predicted octanol–water partition coefficient (Wildman–Crippen LogP) is 1.88. The Morgan fingerprint density at radius 3 is 2.35 bits per heavy atom. The standard InChI is InChI=1S/C16H34N4O3/c1-6-17-14(19-12-9-13-22-7-2)18-10-8-11-20-15(21)23-16(3,4)5/h6-13H2,1-5H3,(H,20,21)(H2,17,18,19). The van der Waals surface area contributed by atoms with Gasteiger partial charge in [-0.15, -0.1) is 0 Å². The molecule has 136 valence electrons. The van der Waals surface area contributed by atoms with Gasteiger partial charge in [0.05, 0.1) is 0 Å². The summed E-state index contributed by atoms with van der Waals surface area (Å²) in [5, 5.41) is 9.17. The van der Waals surface area contributed by atoms with Crippen LogP contribution in [0.3, 0.4) is 0 Å². The fourth-order valence-corrected chi connectivity index (χ4v) is 1.64. The van der Waals surface area contributed by atoms with E-state index in [2.05, 4.69) is 20.9 Å². The molecule has 7 nitrogen and oxygen atoms in total. The fourth-order valence-electron chi connectivity index (χ4n) is 1.64. The van der Waals surface area contributed by atoms with Crippen molar-refractivity contribution in [2.24, 2.45) is 4.99 Å². The number of rotatable bonds is 10. The first-order chi connectivity index (χ1) is 10.9. The summed E-state index contributed by atoms with van der Waals surface area (Å²) in [6.45, 7) is 13.9. The second-order valence-corrected chi connectivity index (χ2v) is 6.02. The van der Waals surface area contributed by atoms with Crippen LogP contribution in [-0.4, -0.2) is 57.0 Å². The van der Waals surface area contributed by atoms with Crippen molar-refractivity contribution in [3.05, 3.63) is 0 Å². The molecule has 0 atom stereocenters. The number of ether oxygens (including phenoxy) is 2. The summed E-state index contributed by atoms with van der Waals surface area (Å²) in [6.07, 6.45) is 1.31. The number of nitrogens with zero attached hydrogens (tertiary/aromatic N) is 1. The summed E-state index contributed by atoms with van der Waals surface area (Å²) in [5.74, 6) is 0.793. The quantitative estimate of drug-likeness (QED) is 0.324. The van der Waals surface area contributed by atoms with Gasteiger partial charge in [-0.05, 0) is 47.5 Å². The van der Waals surface area contributed by atoms with E-state index < -0.39 is 5.60 Å². The molecule has 0 aliphatic heterocycles. The van der Waals surface area contributed by atoms with Gasteiger partial charge in [-0.25, -0.2) is 4.79 Å². The van der Waals surface area contributed by atoms with Gasteiger partial charge >= 0.3 is 6.09 Å². The molecule has 0 saturated heterocycles. The number of nitrogens with one attached hydrogen (secondary N) is 3. The highest BCUT2D eigenvalue weighted by atomic mass is 16.6. The van der Waals surface area contributed by atoms with Crippen molar-refractivity contribution in [3.63, 3.8) is 0 Å². The third-order valence-corrected chi connectivity index (χ3v) is 2.58. The van der Waals surface area contributed by atoms with E-state index in [4.69, 9.17) is 9.47 Å². The molecule has 7 heteroatoms. The summed E-state index contributed by atoms with van der Waals surface area (Å²) in [4.78, 5) is 15.9. The molecular formula is C16H34N4O3. The van der Waals surface area contributed by atoms with Gasteiger partial charge in [-0.3, -0.25) is 4.99 Å². The van der Waals surface area contributed by atoms with Gasteiger partial charge in [0.15, 0.2) is 5.96 Å². The molecule has 0 unspecified atom stereocenters. The number of guanidine groups is 1. The van der Waals surface area contributed by atoms with Crippen LogP contribution < -0.4 is 16.0 Å². The smallest absolute Gasteiger partial charge is 0.407 e. The Morgan fingerprint density at radius 1 is 1.04 bits per heavy atom. The van der Waals surface area contributed by atoms with Crippen molar-refractivity contribution in [2.45, 2.75) is 53.1 Å². The monoisotopic (exact) mass is 330 g/mol. The van der Waals surface area contributed by atoms with Crippen LogP contribution in [0, 0.1) is 0 Å². The molecule has 0 aromatic carbocycles. The third-order valence-electron chi connectivity index (χ3n) is 2.58. The van der Waals surface area contributed by atoms with Crippen LogP contribution in [-0.2, 0) is 9.47 Å². The van der Waals surface area contributed by atoms with Crippen molar-refractivity contribution in [2.75, 3.05) is 39.4 Å². The highest BCUT2D eigenvalue weighted by Crippen LogP contribution is 2.06. The first kappa shape index (κ1) is 21.5. The minimum atomic E-state index is -0.466. The largest absolute Gasteiger partial charge is 0.444 e. The van der Waals surface area contributed by atoms with E-state index in [9.17, 15) is 4.79 Å². The van der Waals surface area contributed by atoms with E-state index in [1.54, 1.807) is 0 Å². The highest BCUT2D eigenvalue weighted by molar-refractivity contribution is 5.79. The summed E-state index contributed by atoms with van der Waals surface area (Å²) < 4.78 is 10.5. The number of hydrogen-bond acceptors (Lipinski definition) is 4. The van der Waals surface area contributed by atoms with E-state index in [1.165, 1.54) is 0 Å². The van der Waals surface area contributed by atoms with Crippen molar-refractivity contribution in [1.82, 2.24) is 16.0 Å². The lowest BCUT2D eigenvalue weighted by Gasteiger charge is -2.19. The molecule has 0 aliphatic rings. The maximum Gasteiger partial charge on any atom is 0.407 e. The van der Waals surface area contributed by atoms with Crippen LogP contribution in [0.4, 0.5) is 4.79 Å². The lowest BCUT2D eigenvalue weighted by Crippen LogP contribution is -2.38. The molecule has 0 bridgehead atoms. The average molecular weight is 330 g/mol. The molecule has 1 amide bonds. The van der Waals surface area contributed by atoms with E-state index in [0.717, 1.165) is 45.1 Å². The van der Waals surface area contributed by atoms with Crippen molar-refractivity contribution < 1.29 is 14.3 Å². The van der Waals surface area contributed by atoms with Gasteiger partial charge < -0.3 is 25.4 Å². The van der Waals surface area contributed by atoms with Gasteiger partial charge in [0, 0.05) is 39.4 Å². The van der Waals surface area contributed by atoms with Gasteiger partial charge in [0.25, 0.3) is 0 Å². The van der Waals surface area contributed by atoms with Crippen LogP contribution in [0.15, 0.2) is 4.99 Å². The molecule has 0 aliphatic carbocycles. The van der Waals surface area contributed by atoms with E-state index >= 15 is 0 Å². The summed E-state index contributed by atoms with van der Waals surface area (Å²) >= 11 is 0. The molecule has 3 N–H and O–H groups in total. The highest BCUT2D eigenvalue weighted by Gasteiger charge is 2.15. The Balaban J connectivity index is 3.86. The van der Waals surface area contributed by atoms with Gasteiger partial charge in [0.2, 0.25) is 0 Å². The molecule has 0 radical (unpaired) electrons. The molecule has 0 aromatic heterocycles. The number of carbonyl (C=O) groups excluding carboxylic acids is 1. The van der Waals surface area contributed by atoms with Gasteiger partial charge in [-0.2, -0.15) is 0 Å². The zero-order valence-corrected chi connectivity index (χ0v) is 15.3. The summed E-state index contributed by atoms with van der Waals surface area (Å²) in [6, 6.07) is 0. The van der Waals surface area contributed by atoms with E-state index in [-0.39, 0.29) is 6.09 Å². The zero-order chi connectivity index (χ0) is 17.6. The topological polar surface area (TPSA) is 84.0 Å². The van der Waals surface area contributed by atoms with E-state index in [0.29, 0.717) is 13.1 Å². The molecule has 0 fully saturated rings. The minimum Gasteiger partial charge on any atom is -0.444 e. The number of alkyl carbamates (subject to hydrolysis) is 1. The fraction of sp³-hybridized carbons (Fsp3) is 0.875. The Labute approximate surface area is 140 Å². The molecule has 0 heterocycles. The molecular weight excluding hydrogens is 296 g/mol. The van der Waals surface area contributed by atoms with Crippen LogP contribution >= 0.6 is 0 Å². The Bertz CT molecular complexity index is 341. The second-order valence-electron chi connectivity index (χ2n) is 6.02. The molecule has 0 saturated carbocycles. The number of amides is 1. The molecule has 0 spiro atoms. The minimum absolute atomic E-state index is 0.387. The summed E-state index contributed by atoms with van der Waals surface area (Å²) in [7, 11) is 0. The predicted molar refractivity (Wildman–Crippen MR) is 93.9 cm³/mol. The van der Waals surface area contributed by atoms with Gasteiger partial charge in [0.1, 0.15) is 5.60 Å². The second kappa shape index (κ2) is 13.0. The Morgan fingerprint density at radius 2 is 1.74 bits per heavy atom. The first-order valence-corrected chi connectivity index (χ1v) is 8.45. The van der Waals surface area contributed by atoms with Crippen LogP contribution in [0.5, 0.6) is 0 Å². The van der Waals surface area contributed by atoms with Crippen LogP contribution in [0.1, 0.15) is 47.5 Å². The lowest BCUT2D eigenvalue weighted by atomic mass is 10.2. The third kappa shape index (κ3) is 15.2. The molecule has 0 rings (SSSR count). The van der Waals surface area contributed by atoms with E-state index in [1.807, 2.05) is 34.6 Å². The van der Waals surface area contributed by atoms with Crippen LogP contribution in [0.2, 0.25) is 0 Å². The molecule has 0 aromatic rings. The summed E-state index contributed by atoms with van der Waals surface area (Å²) in [5.41, 5.74) is -0.466. The SMILES string of the molecule is CCNC(=NCCCNC(=O)OC(C)(C)C)NCCCOCC. The van der Waals surface area contributed by atoms with Gasteiger partial charge in [-0.1, -0.05) is 0 Å². The first-order valence-electron chi connectivity index (χ1n) is 8.45.